The molecule has 0 heterocycles. The predicted molar refractivity (Wildman–Crippen MR) is 45.8 cm³/mol. The maximum atomic E-state index is 10.6. The molecule has 0 spiro atoms. The minimum Gasteiger partial charge on any atom is -0.481 e. The summed E-state index contributed by atoms with van der Waals surface area (Å²) in [5.74, 6) is 0.978. The number of hydrogen-bond acceptors (Lipinski definition) is 1. The Morgan fingerprint density at radius 3 is 2.92 bits per heavy atom. The molecule has 2 rings (SSSR count). The van der Waals surface area contributed by atoms with Crippen LogP contribution >= 0.6 is 0 Å². The van der Waals surface area contributed by atoms with Crippen molar-refractivity contribution in [2.45, 2.75) is 39.0 Å². The van der Waals surface area contributed by atoms with Gasteiger partial charge in [0.1, 0.15) is 0 Å². The van der Waals surface area contributed by atoms with E-state index in [0.717, 1.165) is 18.3 Å². The van der Waals surface area contributed by atoms with Gasteiger partial charge in [-0.25, -0.2) is 0 Å². The summed E-state index contributed by atoms with van der Waals surface area (Å²) in [4.78, 5) is 10.6. The average molecular weight is 168 g/mol. The zero-order valence-corrected chi connectivity index (χ0v) is 7.55. The highest BCUT2D eigenvalue weighted by molar-refractivity contribution is 5.68. The number of aliphatic carboxylic acids is 1. The molecule has 0 aromatic rings. The molecule has 2 nitrogen and oxygen atoms in total. The Morgan fingerprint density at radius 2 is 2.33 bits per heavy atom. The van der Waals surface area contributed by atoms with Gasteiger partial charge < -0.3 is 5.11 Å². The lowest BCUT2D eigenvalue weighted by Gasteiger charge is -2.50. The first-order valence-corrected chi connectivity index (χ1v) is 4.84. The lowest BCUT2D eigenvalue weighted by atomic mass is 9.55. The molecule has 0 radical (unpaired) electrons. The fourth-order valence-corrected chi connectivity index (χ4v) is 3.34. The first-order chi connectivity index (χ1) is 5.62. The van der Waals surface area contributed by atoms with Crippen molar-refractivity contribution in [2.75, 3.05) is 0 Å². The van der Waals surface area contributed by atoms with E-state index in [2.05, 4.69) is 6.92 Å². The van der Waals surface area contributed by atoms with Crippen molar-refractivity contribution in [1.29, 1.82) is 0 Å². The van der Waals surface area contributed by atoms with Gasteiger partial charge in [0.05, 0.1) is 6.42 Å². The summed E-state index contributed by atoms with van der Waals surface area (Å²) in [6.45, 7) is 2.15. The van der Waals surface area contributed by atoms with E-state index in [-0.39, 0.29) is 5.41 Å². The van der Waals surface area contributed by atoms with Crippen LogP contribution in [0, 0.1) is 17.3 Å². The van der Waals surface area contributed by atoms with E-state index in [1.165, 1.54) is 19.3 Å². The predicted octanol–water partition coefficient (Wildman–Crippen LogP) is 2.29. The van der Waals surface area contributed by atoms with Crippen LogP contribution < -0.4 is 0 Å². The molecule has 0 unspecified atom stereocenters. The van der Waals surface area contributed by atoms with Crippen molar-refractivity contribution in [3.63, 3.8) is 0 Å². The molecule has 2 aliphatic carbocycles. The monoisotopic (exact) mass is 168 g/mol. The van der Waals surface area contributed by atoms with Crippen LogP contribution in [0.2, 0.25) is 0 Å². The van der Waals surface area contributed by atoms with Gasteiger partial charge >= 0.3 is 5.97 Å². The van der Waals surface area contributed by atoms with Gasteiger partial charge in [-0.05, 0) is 30.1 Å². The Hall–Kier alpha value is -0.530. The second-order valence-electron chi connectivity index (χ2n) is 4.73. The van der Waals surface area contributed by atoms with Crippen LogP contribution in [0.25, 0.3) is 0 Å². The number of carboxylic acid groups (broad SMARTS) is 1. The van der Waals surface area contributed by atoms with Crippen LogP contribution in [-0.4, -0.2) is 11.1 Å². The molecule has 2 fully saturated rings. The number of fused-ring (bicyclic) bond motifs is 1. The Balaban J connectivity index is 2.00. The maximum absolute atomic E-state index is 10.6. The highest BCUT2D eigenvalue weighted by Gasteiger charge is 2.52. The van der Waals surface area contributed by atoms with Crippen molar-refractivity contribution in [2.24, 2.45) is 17.3 Å². The zero-order chi connectivity index (χ0) is 8.77. The molecule has 2 heteroatoms. The second kappa shape index (κ2) is 2.48. The van der Waals surface area contributed by atoms with Gasteiger partial charge in [-0.3, -0.25) is 4.79 Å². The highest BCUT2D eigenvalue weighted by Crippen LogP contribution is 2.60. The van der Waals surface area contributed by atoms with Crippen molar-refractivity contribution >= 4 is 5.97 Å². The Bertz CT molecular complexity index is 212. The molecule has 0 aliphatic heterocycles. The minimum atomic E-state index is -0.622. The third kappa shape index (κ3) is 1.05. The van der Waals surface area contributed by atoms with E-state index in [0.29, 0.717) is 6.42 Å². The van der Waals surface area contributed by atoms with Crippen LogP contribution in [0.5, 0.6) is 0 Å². The minimum absolute atomic E-state index is 0.146. The van der Waals surface area contributed by atoms with E-state index in [1.54, 1.807) is 0 Å². The molecule has 0 amide bonds. The van der Waals surface area contributed by atoms with Gasteiger partial charge in [-0.2, -0.15) is 0 Å². The number of hydrogen-bond donors (Lipinski definition) is 1. The van der Waals surface area contributed by atoms with E-state index < -0.39 is 5.97 Å². The summed E-state index contributed by atoms with van der Waals surface area (Å²) in [5.41, 5.74) is 0.146. The standard InChI is InChI=1S/C10H16O2/c1-10(6-9(11)12)5-7-3-2-4-8(7)10/h7-8H,2-6H2,1H3,(H,11,12)/t7-,8-,10+/m1/s1. The van der Waals surface area contributed by atoms with Gasteiger partial charge in [0, 0.05) is 0 Å². The molecule has 3 atom stereocenters. The quantitative estimate of drug-likeness (QED) is 0.686. The van der Waals surface area contributed by atoms with Crippen LogP contribution in [0.4, 0.5) is 0 Å². The fourth-order valence-electron chi connectivity index (χ4n) is 3.34. The van der Waals surface area contributed by atoms with Crippen LogP contribution in [0.1, 0.15) is 39.0 Å². The molecule has 0 bridgehead atoms. The number of carboxylic acids is 1. The molecule has 2 saturated carbocycles. The van der Waals surface area contributed by atoms with Gasteiger partial charge in [0.2, 0.25) is 0 Å². The van der Waals surface area contributed by atoms with Gasteiger partial charge in [-0.1, -0.05) is 19.8 Å². The molecular weight excluding hydrogens is 152 g/mol. The highest BCUT2D eigenvalue weighted by atomic mass is 16.4. The maximum Gasteiger partial charge on any atom is 0.303 e. The Labute approximate surface area is 73.0 Å². The third-order valence-corrected chi connectivity index (χ3v) is 3.84. The molecule has 1 N–H and O–H groups in total. The van der Waals surface area contributed by atoms with Crippen molar-refractivity contribution in [3.05, 3.63) is 0 Å². The van der Waals surface area contributed by atoms with Crippen LogP contribution in [-0.2, 0) is 4.79 Å². The van der Waals surface area contributed by atoms with E-state index in [4.69, 9.17) is 5.11 Å². The normalized spacial score (nSPS) is 45.1. The lowest BCUT2D eigenvalue weighted by Crippen LogP contribution is -2.44. The van der Waals surface area contributed by atoms with Gasteiger partial charge in [0.15, 0.2) is 0 Å². The lowest BCUT2D eigenvalue weighted by molar-refractivity contribution is -0.144. The largest absolute Gasteiger partial charge is 0.481 e. The first-order valence-electron chi connectivity index (χ1n) is 4.84. The van der Waals surface area contributed by atoms with Crippen molar-refractivity contribution in [3.8, 4) is 0 Å². The molecule has 68 valence electrons. The van der Waals surface area contributed by atoms with Gasteiger partial charge in [0.25, 0.3) is 0 Å². The molecule has 0 saturated heterocycles. The fraction of sp³-hybridized carbons (Fsp3) is 0.900. The summed E-state index contributed by atoms with van der Waals surface area (Å²) in [6.07, 6.45) is 5.48. The molecule has 2 aliphatic rings. The van der Waals surface area contributed by atoms with E-state index in [9.17, 15) is 4.79 Å². The van der Waals surface area contributed by atoms with Crippen LogP contribution in [0.3, 0.4) is 0 Å². The summed E-state index contributed by atoms with van der Waals surface area (Å²) < 4.78 is 0. The molecular formula is C10H16O2. The summed E-state index contributed by atoms with van der Waals surface area (Å²) >= 11 is 0. The van der Waals surface area contributed by atoms with Gasteiger partial charge in [-0.15, -0.1) is 0 Å². The summed E-state index contributed by atoms with van der Waals surface area (Å²) in [6, 6.07) is 0. The van der Waals surface area contributed by atoms with Crippen molar-refractivity contribution in [1.82, 2.24) is 0 Å². The molecule has 12 heavy (non-hydrogen) atoms. The second-order valence-corrected chi connectivity index (χ2v) is 4.73. The zero-order valence-electron chi connectivity index (χ0n) is 7.55. The number of rotatable bonds is 2. The topological polar surface area (TPSA) is 37.3 Å². The Kier molecular flexibility index (Phi) is 1.67. The number of carbonyl (C=O) groups is 1. The molecule has 0 aromatic carbocycles. The van der Waals surface area contributed by atoms with Crippen LogP contribution in [0.15, 0.2) is 0 Å². The van der Waals surface area contributed by atoms with Crippen molar-refractivity contribution < 1.29 is 9.90 Å². The average Bonchev–Trinajstić information content (AvgIpc) is 2.29. The summed E-state index contributed by atoms with van der Waals surface area (Å²) in [5, 5.41) is 8.73. The third-order valence-electron chi connectivity index (χ3n) is 3.84. The SMILES string of the molecule is C[C@@]1(CC(=O)O)C[C@H]2CCC[C@H]21. The Morgan fingerprint density at radius 1 is 1.58 bits per heavy atom. The summed E-state index contributed by atoms with van der Waals surface area (Å²) in [7, 11) is 0. The van der Waals surface area contributed by atoms with E-state index in [1.807, 2.05) is 0 Å². The van der Waals surface area contributed by atoms with E-state index >= 15 is 0 Å². The first kappa shape index (κ1) is 8.09. The smallest absolute Gasteiger partial charge is 0.303 e. The molecule has 0 aromatic heterocycles.